The third-order valence-corrected chi connectivity index (χ3v) is 5.19. The lowest BCUT2D eigenvalue weighted by atomic mass is 10.1. The van der Waals surface area contributed by atoms with Gasteiger partial charge in [0, 0.05) is 29.9 Å². The van der Waals surface area contributed by atoms with Crippen molar-refractivity contribution in [3.8, 4) is 11.4 Å². The van der Waals surface area contributed by atoms with E-state index in [-0.39, 0.29) is 17.5 Å². The molecule has 0 unspecified atom stereocenters. The average molecular weight is 409 g/mol. The van der Waals surface area contributed by atoms with E-state index in [1.165, 1.54) is 6.07 Å². The van der Waals surface area contributed by atoms with E-state index in [2.05, 4.69) is 20.8 Å². The lowest BCUT2D eigenvalue weighted by Crippen LogP contribution is -2.29. The molecule has 156 valence electrons. The number of amides is 2. The highest BCUT2D eigenvalue weighted by atomic mass is 19.1. The third-order valence-electron chi connectivity index (χ3n) is 5.19. The highest BCUT2D eigenvalue weighted by Crippen LogP contribution is 2.33. The van der Waals surface area contributed by atoms with Crippen LogP contribution >= 0.6 is 0 Å². The normalized spacial score (nSPS) is 12.8. The van der Waals surface area contributed by atoms with Crippen LogP contribution in [0.2, 0.25) is 0 Å². The van der Waals surface area contributed by atoms with Crippen molar-refractivity contribution in [2.75, 3.05) is 5.32 Å². The van der Waals surface area contributed by atoms with Gasteiger partial charge in [0.2, 0.25) is 0 Å². The van der Waals surface area contributed by atoms with Crippen LogP contribution in [0.4, 0.5) is 10.2 Å². The van der Waals surface area contributed by atoms with Crippen LogP contribution in [0.5, 0.6) is 0 Å². The first kappa shape index (κ1) is 19.9. The van der Waals surface area contributed by atoms with E-state index in [1.54, 1.807) is 19.1 Å². The van der Waals surface area contributed by atoms with Crippen LogP contribution in [-0.2, 0) is 13.0 Å². The average Bonchev–Trinajstić information content (AvgIpc) is 3.24. The van der Waals surface area contributed by atoms with Crippen LogP contribution in [0.25, 0.3) is 11.4 Å². The minimum absolute atomic E-state index is 0.0494. The van der Waals surface area contributed by atoms with E-state index >= 15 is 0 Å². The number of anilines is 1. The standard InChI is InChI=1S/C22H24FN5O2/c1-12(2)24-22(30)15-10-18-19-16(5-4-8-28(18)11-15)20(27-26-19)25-21(29)14-7-6-13(3)17(23)9-14/h6-7,9-12H,4-5,8H2,1-3H3,(H,24,30)(H2,25,26,27,29). The van der Waals surface area contributed by atoms with Crippen LogP contribution in [0.15, 0.2) is 30.5 Å². The van der Waals surface area contributed by atoms with Crippen molar-refractivity contribution in [1.82, 2.24) is 20.1 Å². The highest BCUT2D eigenvalue weighted by Gasteiger charge is 2.24. The molecule has 0 spiro atoms. The molecular weight excluding hydrogens is 385 g/mol. The van der Waals surface area contributed by atoms with Crippen molar-refractivity contribution in [2.24, 2.45) is 0 Å². The van der Waals surface area contributed by atoms with Gasteiger partial charge >= 0.3 is 0 Å². The van der Waals surface area contributed by atoms with Gasteiger partial charge in [0.1, 0.15) is 5.82 Å². The summed E-state index contributed by atoms with van der Waals surface area (Å²) in [4.78, 5) is 25.0. The number of H-pyrrole nitrogens is 1. The SMILES string of the molecule is Cc1ccc(C(=O)Nc2n[nH]c3c2CCCn2cc(C(=O)NC(C)C)cc2-3)cc1F. The Morgan fingerprint density at radius 3 is 2.73 bits per heavy atom. The first-order valence-corrected chi connectivity index (χ1v) is 9.99. The number of carbonyl (C=O) groups is 2. The summed E-state index contributed by atoms with van der Waals surface area (Å²) < 4.78 is 15.8. The zero-order valence-corrected chi connectivity index (χ0v) is 17.2. The van der Waals surface area contributed by atoms with Gasteiger partial charge in [-0.3, -0.25) is 14.7 Å². The van der Waals surface area contributed by atoms with Gasteiger partial charge in [-0.25, -0.2) is 4.39 Å². The molecular formula is C22H24FN5O2. The quantitative estimate of drug-likeness (QED) is 0.614. The molecule has 3 heterocycles. The van der Waals surface area contributed by atoms with E-state index in [9.17, 15) is 14.0 Å². The van der Waals surface area contributed by atoms with Gasteiger partial charge in [0.05, 0.1) is 17.0 Å². The number of hydrogen-bond donors (Lipinski definition) is 3. The Bertz CT molecular complexity index is 1130. The molecule has 2 aromatic heterocycles. The second kappa shape index (κ2) is 7.78. The molecule has 0 aliphatic carbocycles. The molecule has 1 aromatic carbocycles. The molecule has 1 aliphatic rings. The molecule has 0 saturated carbocycles. The lowest BCUT2D eigenvalue weighted by molar-refractivity contribution is 0.0942. The van der Waals surface area contributed by atoms with Crippen LogP contribution in [0, 0.1) is 12.7 Å². The Labute approximate surface area is 173 Å². The van der Waals surface area contributed by atoms with Crippen LogP contribution in [0.3, 0.4) is 0 Å². The molecule has 0 radical (unpaired) electrons. The number of aromatic nitrogens is 3. The summed E-state index contributed by atoms with van der Waals surface area (Å²) in [6.45, 7) is 6.24. The van der Waals surface area contributed by atoms with Gasteiger partial charge in [-0.1, -0.05) is 6.07 Å². The number of aryl methyl sites for hydroxylation is 2. The molecule has 0 atom stereocenters. The van der Waals surface area contributed by atoms with E-state index in [1.807, 2.05) is 30.7 Å². The molecule has 0 saturated heterocycles. The number of nitrogens with one attached hydrogen (secondary N) is 3. The fourth-order valence-corrected chi connectivity index (χ4v) is 3.64. The third kappa shape index (κ3) is 3.72. The molecule has 3 aromatic rings. The van der Waals surface area contributed by atoms with Gasteiger partial charge < -0.3 is 15.2 Å². The fraction of sp³-hybridized carbons (Fsp3) is 0.318. The number of aromatic amines is 1. The molecule has 7 nitrogen and oxygen atoms in total. The van der Waals surface area contributed by atoms with E-state index < -0.39 is 11.7 Å². The summed E-state index contributed by atoms with van der Waals surface area (Å²) in [7, 11) is 0. The van der Waals surface area contributed by atoms with E-state index in [4.69, 9.17) is 0 Å². The summed E-state index contributed by atoms with van der Waals surface area (Å²) >= 11 is 0. The Morgan fingerprint density at radius 2 is 2.00 bits per heavy atom. The number of carbonyl (C=O) groups excluding carboxylic acids is 2. The number of fused-ring (bicyclic) bond motifs is 3. The summed E-state index contributed by atoms with van der Waals surface area (Å²) in [6, 6.07) is 6.27. The second-order valence-corrected chi connectivity index (χ2v) is 7.88. The molecule has 4 rings (SSSR count). The molecule has 0 bridgehead atoms. The van der Waals surface area contributed by atoms with Gasteiger partial charge in [-0.2, -0.15) is 5.10 Å². The minimum Gasteiger partial charge on any atom is -0.350 e. The van der Waals surface area contributed by atoms with Crippen LogP contribution in [0.1, 0.15) is 52.1 Å². The zero-order chi connectivity index (χ0) is 21.4. The maximum atomic E-state index is 13.8. The molecule has 2 amide bonds. The smallest absolute Gasteiger partial charge is 0.256 e. The Kier molecular flexibility index (Phi) is 5.15. The monoisotopic (exact) mass is 409 g/mol. The van der Waals surface area contributed by atoms with Crippen molar-refractivity contribution < 1.29 is 14.0 Å². The second-order valence-electron chi connectivity index (χ2n) is 7.88. The number of rotatable bonds is 4. The molecule has 0 fully saturated rings. The maximum absolute atomic E-state index is 13.8. The largest absolute Gasteiger partial charge is 0.350 e. The first-order chi connectivity index (χ1) is 14.3. The minimum atomic E-state index is -0.423. The maximum Gasteiger partial charge on any atom is 0.256 e. The zero-order valence-electron chi connectivity index (χ0n) is 17.2. The Hall–Kier alpha value is -3.42. The van der Waals surface area contributed by atoms with E-state index in [0.29, 0.717) is 16.9 Å². The summed E-state index contributed by atoms with van der Waals surface area (Å²) in [6.07, 6.45) is 3.40. The van der Waals surface area contributed by atoms with Crippen molar-refractivity contribution in [1.29, 1.82) is 0 Å². The topological polar surface area (TPSA) is 91.8 Å². The summed E-state index contributed by atoms with van der Waals surface area (Å²) in [5, 5.41) is 13.0. The van der Waals surface area contributed by atoms with Gasteiger partial charge in [0.25, 0.3) is 11.8 Å². The predicted molar refractivity (Wildman–Crippen MR) is 112 cm³/mol. The van der Waals surface area contributed by atoms with Crippen molar-refractivity contribution in [3.63, 3.8) is 0 Å². The predicted octanol–water partition coefficient (Wildman–Crippen LogP) is 3.66. The Morgan fingerprint density at radius 1 is 1.20 bits per heavy atom. The van der Waals surface area contributed by atoms with Crippen molar-refractivity contribution in [3.05, 3.63) is 58.5 Å². The molecule has 3 N–H and O–H groups in total. The number of halogens is 1. The van der Waals surface area contributed by atoms with Gasteiger partial charge in [-0.15, -0.1) is 0 Å². The molecule has 1 aliphatic heterocycles. The first-order valence-electron chi connectivity index (χ1n) is 9.99. The number of nitrogens with zero attached hydrogens (tertiary/aromatic N) is 2. The fourth-order valence-electron chi connectivity index (χ4n) is 3.64. The summed E-state index contributed by atoms with van der Waals surface area (Å²) in [5.41, 5.74) is 3.82. The van der Waals surface area contributed by atoms with Crippen molar-refractivity contribution >= 4 is 17.6 Å². The molecule has 8 heteroatoms. The number of hydrogen-bond acceptors (Lipinski definition) is 3. The Balaban J connectivity index is 1.62. The van der Waals surface area contributed by atoms with E-state index in [0.717, 1.165) is 36.3 Å². The highest BCUT2D eigenvalue weighted by molar-refractivity contribution is 6.04. The van der Waals surface area contributed by atoms with Crippen molar-refractivity contribution in [2.45, 2.75) is 46.2 Å². The summed E-state index contributed by atoms with van der Waals surface area (Å²) in [5.74, 6) is -0.534. The van der Waals surface area contributed by atoms with Gasteiger partial charge in [0.15, 0.2) is 5.82 Å². The van der Waals surface area contributed by atoms with Crippen LogP contribution < -0.4 is 10.6 Å². The number of benzene rings is 1. The lowest BCUT2D eigenvalue weighted by Gasteiger charge is -2.07. The molecule has 30 heavy (non-hydrogen) atoms. The van der Waals surface area contributed by atoms with Gasteiger partial charge in [-0.05, 0) is 57.4 Å². The van der Waals surface area contributed by atoms with Crippen LogP contribution in [-0.4, -0.2) is 32.6 Å².